The van der Waals surface area contributed by atoms with E-state index in [0.29, 0.717) is 57.8 Å². The Kier molecular flexibility index (Phi) is 41.6. The van der Waals surface area contributed by atoms with E-state index < -0.39 is 30.7 Å². The second-order valence-electron chi connectivity index (χ2n) is 17.2. The monoisotopic (exact) mass is 879 g/mol. The lowest BCUT2D eigenvalue weighted by atomic mass is 10.0. The Labute approximate surface area is 379 Å². The molecule has 0 spiro atoms. The molecule has 0 aromatic carbocycles. The van der Waals surface area contributed by atoms with Crippen LogP contribution in [0.5, 0.6) is 0 Å². The van der Waals surface area contributed by atoms with Crippen LogP contribution in [0.25, 0.3) is 0 Å². The predicted molar refractivity (Wildman–Crippen MR) is 251 cm³/mol. The summed E-state index contributed by atoms with van der Waals surface area (Å²) in [5.41, 5.74) is 0. The van der Waals surface area contributed by atoms with Crippen LogP contribution in [-0.2, 0) is 38.1 Å². The van der Waals surface area contributed by atoms with E-state index in [2.05, 4.69) is 32.9 Å². The Morgan fingerprint density at radius 2 is 0.726 bits per heavy atom. The number of hydrogen-bond acceptors (Lipinski definition) is 10. The van der Waals surface area contributed by atoms with Gasteiger partial charge in [0.05, 0.1) is 12.2 Å². The maximum atomic E-state index is 12.8. The topological polar surface area (TPSA) is 146 Å². The van der Waals surface area contributed by atoms with Crippen LogP contribution in [0.15, 0.2) is 24.3 Å². The second-order valence-corrected chi connectivity index (χ2v) is 17.2. The molecule has 0 aliphatic carbocycles. The van der Waals surface area contributed by atoms with Crippen molar-refractivity contribution >= 4 is 23.9 Å². The van der Waals surface area contributed by atoms with E-state index in [-0.39, 0.29) is 23.9 Å². The maximum Gasteiger partial charge on any atom is 0.308 e. The van der Waals surface area contributed by atoms with Crippen molar-refractivity contribution in [2.45, 2.75) is 284 Å². The van der Waals surface area contributed by atoms with Gasteiger partial charge in [0.1, 0.15) is 12.2 Å². The number of hydrogen-bond donors (Lipinski definition) is 2. The summed E-state index contributed by atoms with van der Waals surface area (Å²) in [4.78, 5) is 49.2. The molecule has 0 rings (SSSR count). The van der Waals surface area contributed by atoms with E-state index in [0.717, 1.165) is 135 Å². The summed E-state index contributed by atoms with van der Waals surface area (Å²) >= 11 is 0. The van der Waals surface area contributed by atoms with Crippen LogP contribution in [-0.4, -0.2) is 64.8 Å². The van der Waals surface area contributed by atoms with Crippen molar-refractivity contribution in [2.24, 2.45) is 0 Å². The molecule has 4 atom stereocenters. The molecule has 0 fully saturated rings. The first kappa shape index (κ1) is 59.3. The molecule has 62 heavy (non-hydrogen) atoms. The van der Waals surface area contributed by atoms with Crippen LogP contribution in [0.2, 0.25) is 0 Å². The molecule has 0 saturated carbocycles. The number of aliphatic hydroxyl groups is 2. The molecule has 10 nitrogen and oxygen atoms in total. The Morgan fingerprint density at radius 3 is 1.13 bits per heavy atom. The van der Waals surface area contributed by atoms with Crippen molar-refractivity contribution in [2.75, 3.05) is 0 Å². The Hall–Kier alpha value is -2.72. The fourth-order valence-electron chi connectivity index (χ4n) is 7.31. The molecule has 0 aromatic rings. The fraction of sp³-hybridized carbons (Fsp3) is 0.846. The maximum absolute atomic E-state index is 12.8. The minimum atomic E-state index is -0.822. The van der Waals surface area contributed by atoms with Gasteiger partial charge in [-0.25, -0.2) is 0 Å². The van der Waals surface area contributed by atoms with Crippen molar-refractivity contribution in [3.8, 4) is 0 Å². The summed E-state index contributed by atoms with van der Waals surface area (Å²) in [6.45, 7) is 10.00. The number of esters is 4. The number of unbranched alkanes of at least 4 members (excludes halogenated alkanes) is 20. The van der Waals surface area contributed by atoms with Gasteiger partial charge in [-0.15, -0.1) is 0 Å². The zero-order valence-electron chi connectivity index (χ0n) is 40.4. The average molecular weight is 879 g/mol. The number of aliphatic hydroxyl groups excluding tert-OH is 2. The van der Waals surface area contributed by atoms with Gasteiger partial charge in [0, 0.05) is 32.1 Å². The summed E-state index contributed by atoms with van der Waals surface area (Å²) in [6, 6.07) is 0. The van der Waals surface area contributed by atoms with Crippen molar-refractivity contribution in [3.05, 3.63) is 24.3 Å². The van der Waals surface area contributed by atoms with Gasteiger partial charge in [0.25, 0.3) is 0 Å². The van der Waals surface area contributed by atoms with E-state index >= 15 is 0 Å². The minimum absolute atomic E-state index is 0.266. The second kappa shape index (κ2) is 43.5. The fourth-order valence-corrected chi connectivity index (χ4v) is 7.31. The Balaban J connectivity index is 4.49. The molecule has 0 bridgehead atoms. The molecule has 2 N–H and O–H groups in total. The normalized spacial score (nSPS) is 14.1. The molecular formula is C52H94O10. The van der Waals surface area contributed by atoms with E-state index in [1.165, 1.54) is 25.7 Å². The molecule has 0 aliphatic rings. The number of carbonyl (C=O) groups excluding carboxylic acids is 4. The van der Waals surface area contributed by atoms with E-state index in [4.69, 9.17) is 18.9 Å². The van der Waals surface area contributed by atoms with Gasteiger partial charge in [-0.2, -0.15) is 0 Å². The SMILES string of the molecule is CCCCCCCCCC(OC(=O)CCCCCCC/C=C\CC(O)C(CCCCC)OC(=O)CC)OC(=O)CCCCCCC/C=C\CC(O)C(CCCCC)OC(=O)CC. The molecule has 0 heterocycles. The van der Waals surface area contributed by atoms with Crippen molar-refractivity contribution in [1.29, 1.82) is 0 Å². The molecule has 0 radical (unpaired) electrons. The van der Waals surface area contributed by atoms with Crippen LogP contribution in [0, 0.1) is 0 Å². The highest BCUT2D eigenvalue weighted by molar-refractivity contribution is 5.71. The molecule has 10 heteroatoms. The van der Waals surface area contributed by atoms with Crippen LogP contribution >= 0.6 is 0 Å². The van der Waals surface area contributed by atoms with Crippen molar-refractivity contribution < 1.29 is 48.3 Å². The predicted octanol–water partition coefficient (Wildman–Crippen LogP) is 13.4. The number of carbonyl (C=O) groups is 4. The van der Waals surface area contributed by atoms with Gasteiger partial charge in [-0.3, -0.25) is 19.2 Å². The third kappa shape index (κ3) is 36.7. The number of rotatable bonds is 44. The summed E-state index contributed by atoms with van der Waals surface area (Å²) in [6.07, 6.45) is 34.6. The van der Waals surface area contributed by atoms with E-state index in [9.17, 15) is 29.4 Å². The van der Waals surface area contributed by atoms with Gasteiger partial charge < -0.3 is 29.2 Å². The van der Waals surface area contributed by atoms with Gasteiger partial charge in [0.2, 0.25) is 6.29 Å². The van der Waals surface area contributed by atoms with Crippen LogP contribution < -0.4 is 0 Å². The lowest BCUT2D eigenvalue weighted by molar-refractivity contribution is -0.189. The van der Waals surface area contributed by atoms with Crippen molar-refractivity contribution in [1.82, 2.24) is 0 Å². The number of allylic oxidation sites excluding steroid dienone is 2. The Morgan fingerprint density at radius 1 is 0.387 bits per heavy atom. The molecule has 0 aromatic heterocycles. The minimum Gasteiger partial charge on any atom is -0.460 e. The summed E-state index contributed by atoms with van der Waals surface area (Å²) in [5, 5.41) is 21.2. The smallest absolute Gasteiger partial charge is 0.308 e. The number of ether oxygens (including phenoxy) is 4. The van der Waals surface area contributed by atoms with Gasteiger partial charge >= 0.3 is 23.9 Å². The zero-order valence-corrected chi connectivity index (χ0v) is 40.4. The molecule has 4 unspecified atom stereocenters. The third-order valence-corrected chi connectivity index (χ3v) is 11.3. The molecule has 0 amide bonds. The van der Waals surface area contributed by atoms with Crippen molar-refractivity contribution in [3.63, 3.8) is 0 Å². The first-order chi connectivity index (χ1) is 30.1. The highest BCUT2D eigenvalue weighted by Crippen LogP contribution is 2.19. The first-order valence-corrected chi connectivity index (χ1v) is 25.5. The summed E-state index contributed by atoms with van der Waals surface area (Å²) in [7, 11) is 0. The molecule has 0 aliphatic heterocycles. The lowest BCUT2D eigenvalue weighted by Crippen LogP contribution is -2.31. The largest absolute Gasteiger partial charge is 0.460 e. The summed E-state index contributed by atoms with van der Waals surface area (Å²) in [5.74, 6) is -1.14. The standard InChI is InChI=1S/C52H94O10/c1-6-11-14-15-20-29-36-43-52(61-50(57)41-34-27-23-18-16-21-25-32-37-44(53)46(39-30-12-7-2)59-48(55)9-4)62-51(58)42-35-28-24-19-17-22-26-33-38-45(54)47(40-31-13-8-3)60-49(56)10-5/h25-26,32-33,44-47,52-54H,6-24,27-31,34-43H2,1-5H3/b32-25-,33-26-. The van der Waals surface area contributed by atoms with Gasteiger partial charge in [-0.05, 0) is 83.5 Å². The van der Waals surface area contributed by atoms with Crippen LogP contribution in [0.1, 0.15) is 253 Å². The molecule has 362 valence electrons. The van der Waals surface area contributed by atoms with Gasteiger partial charge in [0.15, 0.2) is 0 Å². The zero-order chi connectivity index (χ0) is 45.9. The first-order valence-electron chi connectivity index (χ1n) is 25.5. The summed E-state index contributed by atoms with van der Waals surface area (Å²) < 4.78 is 22.4. The van der Waals surface area contributed by atoms with Gasteiger partial charge in [-0.1, -0.05) is 162 Å². The lowest BCUT2D eigenvalue weighted by Gasteiger charge is -2.22. The Bertz CT molecular complexity index is 1060. The third-order valence-electron chi connectivity index (χ3n) is 11.3. The highest BCUT2D eigenvalue weighted by atomic mass is 16.7. The highest BCUT2D eigenvalue weighted by Gasteiger charge is 2.23. The molecular weight excluding hydrogens is 785 g/mol. The average Bonchev–Trinajstić information content (AvgIpc) is 3.26. The van der Waals surface area contributed by atoms with Crippen LogP contribution in [0.3, 0.4) is 0 Å². The molecule has 0 saturated heterocycles. The van der Waals surface area contributed by atoms with E-state index in [1.54, 1.807) is 13.8 Å². The quantitative estimate of drug-likeness (QED) is 0.0199. The van der Waals surface area contributed by atoms with Crippen LogP contribution in [0.4, 0.5) is 0 Å². The van der Waals surface area contributed by atoms with E-state index in [1.807, 2.05) is 12.2 Å².